The molecule has 2 rings (SSSR count). The van der Waals surface area contributed by atoms with Crippen molar-refractivity contribution in [3.8, 4) is 5.75 Å². The summed E-state index contributed by atoms with van der Waals surface area (Å²) in [5.41, 5.74) is 1.30. The molecule has 0 radical (unpaired) electrons. The molecule has 112 valence electrons. The lowest BCUT2D eigenvalue weighted by Crippen LogP contribution is -2.35. The minimum Gasteiger partial charge on any atom is -0.496 e. The quantitative estimate of drug-likeness (QED) is 0.888. The van der Waals surface area contributed by atoms with Crippen LogP contribution in [0, 0.1) is 5.92 Å². The van der Waals surface area contributed by atoms with E-state index in [-0.39, 0.29) is 0 Å². The van der Waals surface area contributed by atoms with Crippen molar-refractivity contribution < 1.29 is 4.74 Å². The highest BCUT2D eigenvalue weighted by molar-refractivity contribution is 9.10. The van der Waals surface area contributed by atoms with Crippen LogP contribution in [0.25, 0.3) is 0 Å². The highest BCUT2D eigenvalue weighted by Crippen LogP contribution is 2.28. The van der Waals surface area contributed by atoms with Crippen LogP contribution in [-0.4, -0.2) is 38.7 Å². The third-order valence-electron chi connectivity index (χ3n) is 4.23. The van der Waals surface area contributed by atoms with Gasteiger partial charge >= 0.3 is 0 Å². The zero-order valence-corrected chi connectivity index (χ0v) is 14.2. The molecule has 0 bridgehead atoms. The van der Waals surface area contributed by atoms with Gasteiger partial charge in [0, 0.05) is 6.04 Å². The summed E-state index contributed by atoms with van der Waals surface area (Å²) in [5.74, 6) is 1.70. The van der Waals surface area contributed by atoms with Crippen LogP contribution in [0.3, 0.4) is 0 Å². The summed E-state index contributed by atoms with van der Waals surface area (Å²) in [6.45, 7) is 5.80. The Labute approximate surface area is 130 Å². The third-order valence-corrected chi connectivity index (χ3v) is 4.85. The van der Waals surface area contributed by atoms with Gasteiger partial charge in [-0.1, -0.05) is 6.07 Å². The van der Waals surface area contributed by atoms with Gasteiger partial charge in [-0.25, -0.2) is 0 Å². The van der Waals surface area contributed by atoms with Crippen LogP contribution in [-0.2, 0) is 0 Å². The van der Waals surface area contributed by atoms with E-state index < -0.39 is 0 Å². The third kappa shape index (κ3) is 4.21. The summed E-state index contributed by atoms with van der Waals surface area (Å²) in [6.07, 6.45) is 2.62. The van der Waals surface area contributed by atoms with Gasteiger partial charge in [0.05, 0.1) is 11.6 Å². The van der Waals surface area contributed by atoms with Gasteiger partial charge in [0.25, 0.3) is 0 Å². The minimum atomic E-state index is 0.372. The number of rotatable bonds is 5. The van der Waals surface area contributed by atoms with E-state index in [2.05, 4.69) is 52.3 Å². The lowest BCUT2D eigenvalue weighted by molar-refractivity contribution is 0.213. The number of nitrogens with zero attached hydrogens (tertiary/aromatic N) is 1. The largest absolute Gasteiger partial charge is 0.496 e. The Morgan fingerprint density at radius 3 is 2.70 bits per heavy atom. The topological polar surface area (TPSA) is 24.5 Å². The van der Waals surface area contributed by atoms with Crippen LogP contribution in [0.15, 0.2) is 22.7 Å². The van der Waals surface area contributed by atoms with E-state index >= 15 is 0 Å². The SMILES string of the molecule is COc1ccc(C(C)NCC2CCN(C)CC2)cc1Br. The number of benzene rings is 1. The number of likely N-dealkylation sites (tertiary alicyclic amines) is 1. The molecule has 20 heavy (non-hydrogen) atoms. The van der Waals surface area contributed by atoms with E-state index in [0.717, 1.165) is 22.7 Å². The summed E-state index contributed by atoms with van der Waals surface area (Å²) >= 11 is 3.55. The number of piperidine rings is 1. The zero-order chi connectivity index (χ0) is 14.5. The minimum absolute atomic E-state index is 0.372. The Balaban J connectivity index is 1.85. The van der Waals surface area contributed by atoms with Crippen molar-refractivity contribution in [2.75, 3.05) is 33.8 Å². The van der Waals surface area contributed by atoms with Crippen molar-refractivity contribution in [2.24, 2.45) is 5.92 Å². The summed E-state index contributed by atoms with van der Waals surface area (Å²) in [6, 6.07) is 6.67. The Hall–Kier alpha value is -0.580. The van der Waals surface area contributed by atoms with E-state index in [1.807, 2.05) is 6.07 Å². The first-order valence-electron chi connectivity index (χ1n) is 7.35. The molecule has 0 spiro atoms. The molecular formula is C16H25BrN2O. The molecule has 0 aromatic heterocycles. The molecule has 0 amide bonds. The Morgan fingerprint density at radius 1 is 1.40 bits per heavy atom. The van der Waals surface area contributed by atoms with Gasteiger partial charge in [0.15, 0.2) is 0 Å². The van der Waals surface area contributed by atoms with Gasteiger partial charge in [-0.3, -0.25) is 0 Å². The molecule has 1 aliphatic rings. The zero-order valence-electron chi connectivity index (χ0n) is 12.7. The fraction of sp³-hybridized carbons (Fsp3) is 0.625. The number of nitrogens with one attached hydrogen (secondary N) is 1. The molecule has 1 fully saturated rings. The molecular weight excluding hydrogens is 316 g/mol. The van der Waals surface area contributed by atoms with Crippen LogP contribution < -0.4 is 10.1 Å². The first kappa shape index (κ1) is 15.8. The number of methoxy groups -OCH3 is 1. The van der Waals surface area contributed by atoms with Gasteiger partial charge in [-0.05, 0) is 86.0 Å². The van der Waals surface area contributed by atoms with Gasteiger partial charge < -0.3 is 15.0 Å². The maximum absolute atomic E-state index is 5.27. The van der Waals surface area contributed by atoms with E-state index in [9.17, 15) is 0 Å². The molecule has 1 unspecified atom stereocenters. The molecule has 0 saturated carbocycles. The average molecular weight is 341 g/mol. The molecule has 1 saturated heterocycles. The molecule has 1 aromatic rings. The number of hydrogen-bond acceptors (Lipinski definition) is 3. The second-order valence-electron chi connectivity index (χ2n) is 5.77. The highest BCUT2D eigenvalue weighted by atomic mass is 79.9. The predicted octanol–water partition coefficient (Wildman–Crippen LogP) is 3.45. The molecule has 1 aromatic carbocycles. The van der Waals surface area contributed by atoms with Crippen LogP contribution in [0.2, 0.25) is 0 Å². The van der Waals surface area contributed by atoms with Crippen LogP contribution in [0.5, 0.6) is 5.75 Å². The van der Waals surface area contributed by atoms with Gasteiger partial charge in [-0.2, -0.15) is 0 Å². The van der Waals surface area contributed by atoms with Crippen molar-refractivity contribution in [1.29, 1.82) is 0 Å². The molecule has 1 N–H and O–H groups in total. The summed E-state index contributed by atoms with van der Waals surface area (Å²) < 4.78 is 6.29. The van der Waals surface area contributed by atoms with E-state index in [1.54, 1.807) is 7.11 Å². The Morgan fingerprint density at radius 2 is 2.10 bits per heavy atom. The fourth-order valence-electron chi connectivity index (χ4n) is 2.68. The number of halogens is 1. The lowest BCUT2D eigenvalue weighted by Gasteiger charge is -2.30. The van der Waals surface area contributed by atoms with Gasteiger partial charge in [0.1, 0.15) is 5.75 Å². The molecule has 1 aliphatic heterocycles. The maximum Gasteiger partial charge on any atom is 0.133 e. The number of hydrogen-bond donors (Lipinski definition) is 1. The lowest BCUT2D eigenvalue weighted by atomic mass is 9.96. The van der Waals surface area contributed by atoms with Crippen LogP contribution in [0.1, 0.15) is 31.4 Å². The smallest absolute Gasteiger partial charge is 0.133 e. The molecule has 3 nitrogen and oxygen atoms in total. The van der Waals surface area contributed by atoms with Crippen molar-refractivity contribution in [1.82, 2.24) is 10.2 Å². The second-order valence-corrected chi connectivity index (χ2v) is 6.62. The van der Waals surface area contributed by atoms with Crippen LogP contribution >= 0.6 is 15.9 Å². The highest BCUT2D eigenvalue weighted by Gasteiger charge is 2.17. The Bertz CT molecular complexity index is 430. The molecule has 1 heterocycles. The monoisotopic (exact) mass is 340 g/mol. The average Bonchev–Trinajstić information content (AvgIpc) is 2.46. The van der Waals surface area contributed by atoms with Crippen molar-refractivity contribution in [2.45, 2.75) is 25.8 Å². The second kappa shape index (κ2) is 7.43. The summed E-state index contributed by atoms with van der Waals surface area (Å²) in [7, 11) is 3.91. The molecule has 4 heteroatoms. The summed E-state index contributed by atoms with van der Waals surface area (Å²) in [5, 5.41) is 3.67. The van der Waals surface area contributed by atoms with Crippen molar-refractivity contribution in [3.05, 3.63) is 28.2 Å². The molecule has 0 aliphatic carbocycles. The van der Waals surface area contributed by atoms with Crippen molar-refractivity contribution in [3.63, 3.8) is 0 Å². The number of ether oxygens (including phenoxy) is 1. The van der Waals surface area contributed by atoms with E-state index in [0.29, 0.717) is 6.04 Å². The van der Waals surface area contributed by atoms with Crippen LogP contribution in [0.4, 0.5) is 0 Å². The van der Waals surface area contributed by atoms with E-state index in [1.165, 1.54) is 31.5 Å². The Kier molecular flexibility index (Phi) is 5.87. The summed E-state index contributed by atoms with van der Waals surface area (Å²) in [4.78, 5) is 2.42. The first-order valence-corrected chi connectivity index (χ1v) is 8.15. The predicted molar refractivity (Wildman–Crippen MR) is 87.3 cm³/mol. The van der Waals surface area contributed by atoms with Crippen molar-refractivity contribution >= 4 is 15.9 Å². The standard InChI is InChI=1S/C16H25BrN2O/c1-12(14-4-5-16(20-3)15(17)10-14)18-11-13-6-8-19(2)9-7-13/h4-5,10,12-13,18H,6-9,11H2,1-3H3. The maximum atomic E-state index is 5.27. The normalized spacial score (nSPS) is 19.0. The van der Waals surface area contributed by atoms with E-state index in [4.69, 9.17) is 4.74 Å². The van der Waals surface area contributed by atoms with Gasteiger partial charge in [-0.15, -0.1) is 0 Å². The fourth-order valence-corrected chi connectivity index (χ4v) is 3.24. The van der Waals surface area contributed by atoms with Gasteiger partial charge in [0.2, 0.25) is 0 Å². The first-order chi connectivity index (χ1) is 9.60. The molecule has 1 atom stereocenters.